The molecule has 118 valence electrons. The first-order valence-electron chi connectivity index (χ1n) is 5.38. The number of Topliss-reactive ketones (excluding diaryl/α,β-unsaturated/α-hetero) is 2. The van der Waals surface area contributed by atoms with E-state index in [0.29, 0.717) is 0 Å². The molecule has 1 rings (SSSR count). The van der Waals surface area contributed by atoms with Crippen molar-refractivity contribution in [1.82, 2.24) is 0 Å². The molecule has 0 radical (unpaired) electrons. The number of ketones is 2. The summed E-state index contributed by atoms with van der Waals surface area (Å²) in [4.78, 5) is 22.0. The van der Waals surface area contributed by atoms with Gasteiger partial charge in [0.05, 0.1) is 0 Å². The zero-order chi connectivity index (χ0) is 16.3. The van der Waals surface area contributed by atoms with Crippen LogP contribution in [0.2, 0.25) is 0 Å². The fraction of sp³-hybridized carbons (Fsp3) is 0.333. The van der Waals surface area contributed by atoms with E-state index in [9.17, 15) is 35.9 Å². The zero-order valence-corrected chi connectivity index (χ0v) is 12.4. The molecule has 0 unspecified atom stereocenters. The first kappa shape index (κ1) is 17.9. The molecule has 2 nitrogen and oxygen atoms in total. The Bertz CT molecular complexity index is 481. The van der Waals surface area contributed by atoms with E-state index in [1.165, 1.54) is 30.3 Å². The molecule has 1 aromatic carbocycles. The van der Waals surface area contributed by atoms with Crippen LogP contribution >= 0.6 is 19.8 Å². The van der Waals surface area contributed by atoms with Crippen LogP contribution in [0, 0.1) is 3.57 Å². The summed E-state index contributed by atoms with van der Waals surface area (Å²) in [7, 11) is 0. The Labute approximate surface area is 122 Å². The summed E-state index contributed by atoms with van der Waals surface area (Å²) in [5.41, 5.74) is 0. The Morgan fingerprint density at radius 2 is 1.19 bits per heavy atom. The van der Waals surface area contributed by atoms with Crippen molar-refractivity contribution in [3.8, 4) is 0 Å². The molecule has 0 atom stereocenters. The van der Waals surface area contributed by atoms with Crippen molar-refractivity contribution < 1.29 is 35.9 Å². The van der Waals surface area contributed by atoms with Gasteiger partial charge < -0.3 is 0 Å². The number of hydrogen-bond acceptors (Lipinski definition) is 2. The maximum absolute atomic E-state index is 12.3. The van der Waals surface area contributed by atoms with Gasteiger partial charge in [-0.1, -0.05) is 0 Å². The molecular weight excluding hydrogens is 417 g/mol. The molecule has 0 fully saturated rings. The normalized spacial score (nSPS) is 13.0. The molecule has 0 aliphatic rings. The van der Waals surface area contributed by atoms with Gasteiger partial charge in [-0.15, -0.1) is 0 Å². The average molecular weight is 426 g/mol. The summed E-state index contributed by atoms with van der Waals surface area (Å²) in [6.45, 7) is 0. The molecule has 0 spiro atoms. The Hall–Kier alpha value is -1.13. The van der Waals surface area contributed by atoms with Gasteiger partial charge in [0.1, 0.15) is 0 Å². The summed E-state index contributed by atoms with van der Waals surface area (Å²) in [5.74, 6) is -4.18. The van der Waals surface area contributed by atoms with E-state index in [-0.39, 0.29) is 3.57 Å². The van der Waals surface area contributed by atoms with Crippen molar-refractivity contribution in [3.63, 3.8) is 0 Å². The van der Waals surface area contributed by atoms with Crippen LogP contribution in [0.3, 0.4) is 0 Å². The Kier molecular flexibility index (Phi) is 5.76. The second-order valence-electron chi connectivity index (χ2n) is 3.86. The molecule has 1 aromatic rings. The van der Waals surface area contributed by atoms with Gasteiger partial charge in [-0.2, -0.15) is 0 Å². The molecule has 0 amide bonds. The fourth-order valence-corrected chi connectivity index (χ4v) is 6.36. The van der Waals surface area contributed by atoms with Crippen molar-refractivity contribution in [3.05, 3.63) is 33.9 Å². The van der Waals surface area contributed by atoms with Gasteiger partial charge >= 0.3 is 122 Å². The third kappa shape index (κ3) is 5.64. The summed E-state index contributed by atoms with van der Waals surface area (Å²) in [6, 6.07) is 7.11. The predicted octanol–water partition coefficient (Wildman–Crippen LogP) is 3.63. The van der Waals surface area contributed by atoms with Crippen LogP contribution in [-0.4, -0.2) is 32.8 Å². The number of carbonyl (C=O) groups excluding carboxylic acids is 2. The Balaban J connectivity index is 2.97. The topological polar surface area (TPSA) is 34.1 Å². The summed E-state index contributed by atoms with van der Waals surface area (Å²) >= 11 is -3.25. The Morgan fingerprint density at radius 1 is 0.810 bits per heavy atom. The van der Waals surface area contributed by atoms with E-state index < -0.39 is 52.6 Å². The summed E-state index contributed by atoms with van der Waals surface area (Å²) in [6.07, 6.45) is -10.2. The van der Waals surface area contributed by atoms with Crippen LogP contribution < -0.4 is 0 Å². The quantitative estimate of drug-likeness (QED) is 0.410. The van der Waals surface area contributed by atoms with Crippen LogP contribution in [0.15, 0.2) is 30.3 Å². The molecule has 0 bridgehead atoms. The van der Waals surface area contributed by atoms with E-state index in [4.69, 9.17) is 0 Å². The van der Waals surface area contributed by atoms with Gasteiger partial charge in [0, 0.05) is 0 Å². The number of rotatable bonds is 5. The molecule has 0 saturated carbocycles. The SMILES string of the molecule is O=C(CI(CC(=O)C(F)(F)F)c1ccccc1)C(F)(F)F. The number of halogens is 7. The van der Waals surface area contributed by atoms with Crippen molar-refractivity contribution in [2.24, 2.45) is 0 Å². The van der Waals surface area contributed by atoms with Crippen LogP contribution in [0.25, 0.3) is 0 Å². The molecule has 0 aliphatic carbocycles. The minimum atomic E-state index is -5.11. The predicted molar refractivity (Wildman–Crippen MR) is 71.0 cm³/mol. The zero-order valence-electron chi connectivity index (χ0n) is 10.3. The van der Waals surface area contributed by atoms with Crippen molar-refractivity contribution >= 4 is 31.4 Å². The first-order valence-corrected chi connectivity index (χ1v) is 9.51. The van der Waals surface area contributed by atoms with Gasteiger partial charge in [0.2, 0.25) is 0 Å². The third-order valence-electron chi connectivity index (χ3n) is 2.24. The summed E-state index contributed by atoms with van der Waals surface area (Å²) < 4.78 is 71.7. The van der Waals surface area contributed by atoms with Crippen molar-refractivity contribution in [2.45, 2.75) is 12.4 Å². The van der Waals surface area contributed by atoms with E-state index in [1.807, 2.05) is 0 Å². The average Bonchev–Trinajstić information content (AvgIpc) is 2.36. The summed E-state index contributed by atoms with van der Waals surface area (Å²) in [5, 5.41) is 0. The standard InChI is InChI=1S/C12H9F6IO2/c13-11(14,15)9(20)6-19(7-10(21)12(16,17)18)8-4-2-1-3-5-8/h1-5H,6-7H2. The van der Waals surface area contributed by atoms with E-state index in [1.54, 1.807) is 0 Å². The van der Waals surface area contributed by atoms with Crippen LogP contribution in [-0.2, 0) is 9.59 Å². The van der Waals surface area contributed by atoms with E-state index in [0.717, 1.165) is 0 Å². The van der Waals surface area contributed by atoms with Crippen LogP contribution in [0.1, 0.15) is 0 Å². The molecule has 0 saturated heterocycles. The van der Waals surface area contributed by atoms with Crippen molar-refractivity contribution in [2.75, 3.05) is 8.86 Å². The fourth-order valence-electron chi connectivity index (χ4n) is 1.24. The van der Waals surface area contributed by atoms with Gasteiger partial charge in [0.15, 0.2) is 0 Å². The number of alkyl halides is 8. The molecule has 0 heterocycles. The van der Waals surface area contributed by atoms with Crippen LogP contribution in [0.4, 0.5) is 26.3 Å². The second-order valence-corrected chi connectivity index (χ2v) is 9.24. The molecular formula is C12H9F6IO2. The van der Waals surface area contributed by atoms with Gasteiger partial charge in [0.25, 0.3) is 0 Å². The number of hydrogen-bond donors (Lipinski definition) is 0. The number of carbonyl (C=O) groups is 2. The van der Waals surface area contributed by atoms with Crippen LogP contribution in [0.5, 0.6) is 0 Å². The molecule has 0 aromatic heterocycles. The number of benzene rings is 1. The monoisotopic (exact) mass is 426 g/mol. The van der Waals surface area contributed by atoms with Crippen molar-refractivity contribution in [1.29, 1.82) is 0 Å². The molecule has 9 heteroatoms. The minimum absolute atomic E-state index is 0.233. The van der Waals surface area contributed by atoms with Gasteiger partial charge in [-0.25, -0.2) is 0 Å². The molecule has 0 N–H and O–H groups in total. The third-order valence-corrected chi connectivity index (χ3v) is 7.95. The molecule has 21 heavy (non-hydrogen) atoms. The van der Waals surface area contributed by atoms with E-state index in [2.05, 4.69) is 0 Å². The van der Waals surface area contributed by atoms with E-state index >= 15 is 0 Å². The molecule has 0 aliphatic heterocycles. The van der Waals surface area contributed by atoms with Gasteiger partial charge in [-0.05, 0) is 0 Å². The maximum atomic E-state index is 12.3. The first-order chi connectivity index (χ1) is 9.51. The van der Waals surface area contributed by atoms with Gasteiger partial charge in [-0.3, -0.25) is 0 Å². The second kappa shape index (κ2) is 6.75. The Morgan fingerprint density at radius 3 is 1.52 bits per heavy atom.